The van der Waals surface area contributed by atoms with Crippen LogP contribution in [0.15, 0.2) is 85.2 Å². The molecule has 6 aromatic rings. The summed E-state index contributed by atoms with van der Waals surface area (Å²) in [6.07, 6.45) is 4.11. The average molecular weight is 597 g/mol. The van der Waals surface area contributed by atoms with E-state index in [1.54, 1.807) is 53.1 Å². The van der Waals surface area contributed by atoms with E-state index < -0.39 is 9.85 Å². The quantitative estimate of drug-likeness (QED) is 0.111. The van der Waals surface area contributed by atoms with Crippen LogP contribution in [0.25, 0.3) is 33.8 Å². The van der Waals surface area contributed by atoms with E-state index in [9.17, 15) is 25.3 Å². The number of nitrogens with zero attached hydrogens (tertiary/aromatic N) is 6. The topological polar surface area (TPSA) is 141 Å². The van der Waals surface area contributed by atoms with Gasteiger partial charge < -0.3 is 13.9 Å². The fourth-order valence-electron chi connectivity index (χ4n) is 5.53. The molecular weight excluding hydrogens is 572 g/mol. The fraction of sp³-hybridized carbons (Fsp3) is 0.161. The zero-order chi connectivity index (χ0) is 30.2. The van der Waals surface area contributed by atoms with E-state index in [2.05, 4.69) is 4.98 Å². The van der Waals surface area contributed by atoms with Crippen molar-refractivity contribution in [2.75, 3.05) is 0 Å². The number of hydrogen-bond acceptors (Lipinski definition) is 7. The molecule has 4 heterocycles. The number of imidazole rings is 2. The lowest BCUT2D eigenvalue weighted by Crippen LogP contribution is -2.02. The van der Waals surface area contributed by atoms with E-state index in [4.69, 9.17) is 16.6 Å². The summed E-state index contributed by atoms with van der Waals surface area (Å²) in [6, 6.07) is 20.8. The molecule has 0 fully saturated rings. The number of fused-ring (bicyclic) bond motifs is 2. The highest BCUT2D eigenvalue weighted by atomic mass is 35.5. The van der Waals surface area contributed by atoms with Crippen LogP contribution in [0.4, 0.5) is 11.4 Å². The third-order valence-electron chi connectivity index (χ3n) is 7.64. The highest BCUT2D eigenvalue weighted by Crippen LogP contribution is 2.36. The average Bonchev–Trinajstić information content (AvgIpc) is 3.58. The van der Waals surface area contributed by atoms with Crippen LogP contribution in [-0.4, -0.2) is 33.7 Å². The normalized spacial score (nSPS) is 12.2. The summed E-state index contributed by atoms with van der Waals surface area (Å²) >= 11 is 6.28. The molecule has 0 bridgehead atoms. The first kappa shape index (κ1) is 28.0. The van der Waals surface area contributed by atoms with Crippen LogP contribution in [0.5, 0.6) is 0 Å². The van der Waals surface area contributed by atoms with Gasteiger partial charge in [-0.1, -0.05) is 31.2 Å². The van der Waals surface area contributed by atoms with Crippen LogP contribution in [0.1, 0.15) is 35.4 Å². The number of aromatic nitrogens is 4. The Hall–Kier alpha value is -5.13. The first-order valence-corrected chi connectivity index (χ1v) is 14.0. The number of alkyl halides is 1. The maximum Gasteiger partial charge on any atom is 0.279 e. The standard InChI is InChI=1S/C31H25ClN6O5/c1-19(21-11-13-36-26(17-32)30(34-29(36)16-21)22-6-2-3-7-24(22)37(40)41)14-20-9-10-23(25(15-20)38(42)43)31-27(18-39)35-12-5-4-8-28(35)33-31/h2-13,15-16,19,39H,14,17-18H2,1H3/t19-/m0/s1. The van der Waals surface area contributed by atoms with Crippen molar-refractivity contribution in [2.45, 2.75) is 31.7 Å². The Morgan fingerprint density at radius 2 is 1.49 bits per heavy atom. The van der Waals surface area contributed by atoms with Crippen LogP contribution in [0.3, 0.4) is 0 Å². The van der Waals surface area contributed by atoms with Crippen LogP contribution >= 0.6 is 11.6 Å². The second-order valence-electron chi connectivity index (χ2n) is 10.2. The molecule has 0 saturated carbocycles. The van der Waals surface area contributed by atoms with Crippen molar-refractivity contribution >= 4 is 34.3 Å². The minimum Gasteiger partial charge on any atom is -0.390 e. The van der Waals surface area contributed by atoms with Gasteiger partial charge in [-0.05, 0) is 59.9 Å². The van der Waals surface area contributed by atoms with Gasteiger partial charge in [-0.3, -0.25) is 20.2 Å². The Bertz CT molecular complexity index is 2030. The Balaban J connectivity index is 1.34. The molecule has 6 rings (SSSR count). The summed E-state index contributed by atoms with van der Waals surface area (Å²) in [6.45, 7) is 1.70. The lowest BCUT2D eigenvalue weighted by Gasteiger charge is -2.13. The second-order valence-corrected chi connectivity index (χ2v) is 10.5. The molecule has 0 aliphatic carbocycles. The molecule has 11 nitrogen and oxygen atoms in total. The highest BCUT2D eigenvalue weighted by molar-refractivity contribution is 6.17. The second kappa shape index (κ2) is 11.3. The number of hydrogen-bond donors (Lipinski definition) is 1. The number of nitro benzene ring substituents is 2. The van der Waals surface area contributed by atoms with Gasteiger partial charge in [0.15, 0.2) is 0 Å². The Morgan fingerprint density at radius 3 is 2.23 bits per heavy atom. The number of benzene rings is 2. The van der Waals surface area contributed by atoms with Crippen molar-refractivity contribution < 1.29 is 15.0 Å². The van der Waals surface area contributed by atoms with Gasteiger partial charge in [0, 0.05) is 24.5 Å². The Morgan fingerprint density at radius 1 is 0.814 bits per heavy atom. The molecule has 4 aromatic heterocycles. The monoisotopic (exact) mass is 596 g/mol. The lowest BCUT2D eigenvalue weighted by molar-refractivity contribution is -0.384. The molecule has 1 atom stereocenters. The minimum atomic E-state index is -0.436. The van der Waals surface area contributed by atoms with Gasteiger partial charge in [-0.25, -0.2) is 9.97 Å². The number of aliphatic hydroxyl groups is 1. The smallest absolute Gasteiger partial charge is 0.279 e. The summed E-state index contributed by atoms with van der Waals surface area (Å²) < 4.78 is 3.54. The number of nitro groups is 2. The van der Waals surface area contributed by atoms with Gasteiger partial charge in [0.2, 0.25) is 0 Å². The molecule has 216 valence electrons. The van der Waals surface area contributed by atoms with Crippen molar-refractivity contribution in [1.82, 2.24) is 18.8 Å². The minimum absolute atomic E-state index is 0.0377. The molecule has 0 amide bonds. The van der Waals surface area contributed by atoms with Gasteiger partial charge in [0.25, 0.3) is 11.4 Å². The summed E-state index contributed by atoms with van der Waals surface area (Å²) in [5.74, 6) is 0.0712. The summed E-state index contributed by atoms with van der Waals surface area (Å²) in [5.41, 5.74) is 5.43. The highest BCUT2D eigenvalue weighted by Gasteiger charge is 2.24. The van der Waals surface area contributed by atoms with E-state index in [1.807, 2.05) is 41.8 Å². The molecule has 1 N–H and O–H groups in total. The molecule has 0 radical (unpaired) electrons. The van der Waals surface area contributed by atoms with E-state index in [0.29, 0.717) is 51.6 Å². The summed E-state index contributed by atoms with van der Waals surface area (Å²) in [5, 5.41) is 33.8. The number of rotatable bonds is 9. The van der Waals surface area contributed by atoms with Gasteiger partial charge in [-0.15, -0.1) is 11.6 Å². The number of para-hydroxylation sites is 1. The van der Waals surface area contributed by atoms with Gasteiger partial charge in [0.1, 0.15) is 22.7 Å². The molecule has 43 heavy (non-hydrogen) atoms. The first-order chi connectivity index (χ1) is 20.8. The number of halogens is 1. The van der Waals surface area contributed by atoms with E-state index >= 15 is 0 Å². The van der Waals surface area contributed by atoms with Crippen molar-refractivity contribution in [1.29, 1.82) is 0 Å². The van der Waals surface area contributed by atoms with Crippen LogP contribution in [0, 0.1) is 20.2 Å². The maximum absolute atomic E-state index is 12.2. The van der Waals surface area contributed by atoms with Crippen molar-refractivity contribution in [2.24, 2.45) is 0 Å². The molecule has 2 aromatic carbocycles. The molecule has 0 aliphatic rings. The number of pyridine rings is 2. The van der Waals surface area contributed by atoms with Crippen LogP contribution in [-0.2, 0) is 18.9 Å². The van der Waals surface area contributed by atoms with E-state index in [1.165, 1.54) is 6.07 Å². The molecule has 0 aliphatic heterocycles. The molecule has 0 unspecified atom stereocenters. The van der Waals surface area contributed by atoms with E-state index in [-0.39, 0.29) is 29.8 Å². The molecular formula is C31H25ClN6O5. The van der Waals surface area contributed by atoms with Crippen molar-refractivity contribution in [3.8, 4) is 22.5 Å². The summed E-state index contributed by atoms with van der Waals surface area (Å²) in [4.78, 5) is 32.2. The predicted molar refractivity (Wildman–Crippen MR) is 162 cm³/mol. The SMILES string of the molecule is C[C@@H](Cc1ccc(-c2nc3ccccn3c2CO)c([N+](=O)[O-])c1)c1ccn2c(CCl)c(-c3ccccc3[N+](=O)[O-])nc2c1. The molecule has 0 spiro atoms. The van der Waals surface area contributed by atoms with Crippen LogP contribution in [0.2, 0.25) is 0 Å². The molecule has 12 heteroatoms. The summed E-state index contributed by atoms with van der Waals surface area (Å²) in [7, 11) is 0. The van der Waals surface area contributed by atoms with E-state index in [0.717, 1.165) is 11.1 Å². The lowest BCUT2D eigenvalue weighted by atomic mass is 9.93. The Kier molecular flexibility index (Phi) is 7.34. The van der Waals surface area contributed by atoms with Gasteiger partial charge >= 0.3 is 0 Å². The number of aliphatic hydroxyl groups excluding tert-OH is 1. The zero-order valence-corrected chi connectivity index (χ0v) is 23.7. The Labute approximate surface area is 250 Å². The largest absolute Gasteiger partial charge is 0.390 e. The van der Waals surface area contributed by atoms with Gasteiger partial charge in [-0.2, -0.15) is 0 Å². The third-order valence-corrected chi connectivity index (χ3v) is 7.89. The van der Waals surface area contributed by atoms with Crippen molar-refractivity contribution in [3.63, 3.8) is 0 Å². The third kappa shape index (κ3) is 4.98. The van der Waals surface area contributed by atoms with Crippen LogP contribution < -0.4 is 0 Å². The van der Waals surface area contributed by atoms with Crippen molar-refractivity contribution in [3.05, 3.63) is 128 Å². The predicted octanol–water partition coefficient (Wildman–Crippen LogP) is 6.71. The molecule has 0 saturated heterocycles. The first-order valence-electron chi connectivity index (χ1n) is 13.5. The zero-order valence-electron chi connectivity index (χ0n) is 22.9. The maximum atomic E-state index is 12.2. The van der Waals surface area contributed by atoms with Gasteiger partial charge in [0.05, 0.1) is 44.8 Å². The fourth-order valence-corrected chi connectivity index (χ4v) is 5.79.